The zero-order valence-electron chi connectivity index (χ0n) is 18.8. The predicted molar refractivity (Wildman–Crippen MR) is 141 cm³/mol. The summed E-state index contributed by atoms with van der Waals surface area (Å²) in [5, 5.41) is 15.9. The summed E-state index contributed by atoms with van der Waals surface area (Å²) in [6.45, 7) is 4.14. The standard InChI is InChI=1S/C23H24BrCl2N5O2S/c1-13(2)10-19(28-22(33)15-6-4-5-7-17(15)25)21-29-30-23(31(21)3)34-12-20(32)27-14-8-9-16(24)18(26)11-14/h4-9,11,13,19H,10,12H2,1-3H3,(H,27,32)(H,28,33). The number of thioether (sulfide) groups is 1. The minimum Gasteiger partial charge on any atom is -0.342 e. The molecule has 0 saturated heterocycles. The molecule has 11 heteroatoms. The van der Waals surface area contributed by atoms with Crippen molar-refractivity contribution < 1.29 is 9.59 Å². The van der Waals surface area contributed by atoms with Crippen molar-refractivity contribution in [1.29, 1.82) is 0 Å². The molecule has 0 aliphatic carbocycles. The van der Waals surface area contributed by atoms with Crippen LogP contribution in [0.3, 0.4) is 0 Å². The summed E-state index contributed by atoms with van der Waals surface area (Å²) in [4.78, 5) is 25.3. The van der Waals surface area contributed by atoms with Gasteiger partial charge in [-0.15, -0.1) is 10.2 Å². The summed E-state index contributed by atoms with van der Waals surface area (Å²) in [6.07, 6.45) is 0.664. The average Bonchev–Trinajstić information content (AvgIpc) is 3.14. The summed E-state index contributed by atoms with van der Waals surface area (Å²) in [7, 11) is 1.82. The minimum absolute atomic E-state index is 0.139. The van der Waals surface area contributed by atoms with Gasteiger partial charge in [0.1, 0.15) is 0 Å². The second kappa shape index (κ2) is 12.1. The van der Waals surface area contributed by atoms with Crippen molar-refractivity contribution >= 4 is 68.4 Å². The third-order valence-electron chi connectivity index (χ3n) is 4.85. The number of halogens is 3. The molecular formula is C23H24BrCl2N5O2S. The molecule has 7 nitrogen and oxygen atoms in total. The van der Waals surface area contributed by atoms with Gasteiger partial charge in [0, 0.05) is 17.2 Å². The Balaban J connectivity index is 1.68. The first-order chi connectivity index (χ1) is 16.2. The molecule has 0 radical (unpaired) electrons. The Labute approximate surface area is 221 Å². The van der Waals surface area contributed by atoms with Gasteiger partial charge >= 0.3 is 0 Å². The number of hydrogen-bond acceptors (Lipinski definition) is 5. The molecule has 0 fully saturated rings. The second-order valence-electron chi connectivity index (χ2n) is 8.00. The van der Waals surface area contributed by atoms with Crippen LogP contribution >= 0.6 is 50.9 Å². The number of nitrogens with zero attached hydrogens (tertiary/aromatic N) is 3. The SMILES string of the molecule is CC(C)CC(NC(=O)c1ccccc1Cl)c1nnc(SCC(=O)Nc2ccc(Br)c(Cl)c2)n1C. The van der Waals surface area contributed by atoms with E-state index in [1.807, 2.05) is 7.05 Å². The first-order valence-electron chi connectivity index (χ1n) is 10.5. The van der Waals surface area contributed by atoms with Crippen LogP contribution in [0.5, 0.6) is 0 Å². The van der Waals surface area contributed by atoms with E-state index in [-0.39, 0.29) is 23.6 Å². The summed E-state index contributed by atoms with van der Waals surface area (Å²) >= 11 is 16.9. The average molecular weight is 585 g/mol. The maximum atomic E-state index is 12.9. The lowest BCUT2D eigenvalue weighted by Crippen LogP contribution is -2.31. The van der Waals surface area contributed by atoms with E-state index in [1.54, 1.807) is 47.0 Å². The number of anilines is 1. The van der Waals surface area contributed by atoms with Crippen molar-refractivity contribution in [3.8, 4) is 0 Å². The summed E-state index contributed by atoms with van der Waals surface area (Å²) in [5.41, 5.74) is 1.01. The maximum Gasteiger partial charge on any atom is 0.253 e. The molecule has 0 bridgehead atoms. The third kappa shape index (κ3) is 6.97. The van der Waals surface area contributed by atoms with Crippen LogP contribution < -0.4 is 10.6 Å². The molecule has 0 aliphatic heterocycles. The monoisotopic (exact) mass is 583 g/mol. The Morgan fingerprint density at radius 2 is 1.85 bits per heavy atom. The Morgan fingerprint density at radius 1 is 1.12 bits per heavy atom. The highest BCUT2D eigenvalue weighted by Crippen LogP contribution is 2.27. The van der Waals surface area contributed by atoms with Gasteiger partial charge in [0.15, 0.2) is 11.0 Å². The lowest BCUT2D eigenvalue weighted by molar-refractivity contribution is -0.113. The van der Waals surface area contributed by atoms with Gasteiger partial charge in [-0.05, 0) is 58.6 Å². The summed E-state index contributed by atoms with van der Waals surface area (Å²) < 4.78 is 2.56. The van der Waals surface area contributed by atoms with E-state index in [4.69, 9.17) is 23.2 Å². The lowest BCUT2D eigenvalue weighted by Gasteiger charge is -2.20. The maximum absolute atomic E-state index is 12.9. The summed E-state index contributed by atoms with van der Waals surface area (Å²) in [6, 6.07) is 11.7. The van der Waals surface area contributed by atoms with Crippen molar-refractivity contribution in [3.05, 3.63) is 68.4 Å². The highest BCUT2D eigenvalue weighted by atomic mass is 79.9. The number of carbonyl (C=O) groups is 2. The van der Waals surface area contributed by atoms with Crippen LogP contribution in [0.1, 0.15) is 42.5 Å². The largest absolute Gasteiger partial charge is 0.342 e. The Bertz CT molecular complexity index is 1190. The zero-order valence-corrected chi connectivity index (χ0v) is 22.7. The van der Waals surface area contributed by atoms with Gasteiger partial charge in [0.05, 0.1) is 27.4 Å². The van der Waals surface area contributed by atoms with E-state index in [1.165, 1.54) is 11.8 Å². The van der Waals surface area contributed by atoms with Crippen LogP contribution in [0.25, 0.3) is 0 Å². The van der Waals surface area contributed by atoms with Crippen molar-refractivity contribution in [3.63, 3.8) is 0 Å². The molecule has 2 amide bonds. The highest BCUT2D eigenvalue weighted by molar-refractivity contribution is 9.10. The smallest absolute Gasteiger partial charge is 0.253 e. The molecule has 0 spiro atoms. The van der Waals surface area contributed by atoms with Crippen LogP contribution in [0.15, 0.2) is 52.1 Å². The molecule has 2 N–H and O–H groups in total. The number of amides is 2. The number of nitrogens with one attached hydrogen (secondary N) is 2. The van der Waals surface area contributed by atoms with Gasteiger partial charge in [-0.1, -0.05) is 60.9 Å². The third-order valence-corrected chi connectivity index (χ3v) is 7.43. The zero-order chi connectivity index (χ0) is 24.8. The number of benzene rings is 2. The first-order valence-corrected chi connectivity index (χ1v) is 13.0. The van der Waals surface area contributed by atoms with Gasteiger partial charge in [0.2, 0.25) is 5.91 Å². The normalized spacial score (nSPS) is 12.0. The van der Waals surface area contributed by atoms with Crippen molar-refractivity contribution in [2.45, 2.75) is 31.5 Å². The van der Waals surface area contributed by atoms with Crippen LogP contribution in [-0.2, 0) is 11.8 Å². The molecule has 1 heterocycles. The van der Waals surface area contributed by atoms with Gasteiger partial charge in [-0.3, -0.25) is 9.59 Å². The van der Waals surface area contributed by atoms with Crippen molar-refractivity contribution in [1.82, 2.24) is 20.1 Å². The molecule has 2 aromatic carbocycles. The number of hydrogen-bond donors (Lipinski definition) is 2. The van der Waals surface area contributed by atoms with Gasteiger partial charge in [-0.25, -0.2) is 0 Å². The molecule has 0 aliphatic rings. The fourth-order valence-corrected chi connectivity index (χ4v) is 4.60. The number of aromatic nitrogens is 3. The Hall–Kier alpha value is -2.07. The Morgan fingerprint density at radius 3 is 2.53 bits per heavy atom. The molecule has 1 unspecified atom stereocenters. The second-order valence-corrected chi connectivity index (χ2v) is 10.6. The van der Waals surface area contributed by atoms with E-state index in [2.05, 4.69) is 50.6 Å². The molecule has 0 saturated carbocycles. The van der Waals surface area contributed by atoms with Gasteiger partial charge in [0.25, 0.3) is 5.91 Å². The molecule has 180 valence electrons. The highest BCUT2D eigenvalue weighted by Gasteiger charge is 2.24. The van der Waals surface area contributed by atoms with E-state index < -0.39 is 0 Å². The van der Waals surface area contributed by atoms with Crippen molar-refractivity contribution in [2.24, 2.45) is 13.0 Å². The van der Waals surface area contributed by atoms with Gasteiger partial charge < -0.3 is 15.2 Å². The lowest BCUT2D eigenvalue weighted by atomic mass is 10.0. The number of carbonyl (C=O) groups excluding carboxylic acids is 2. The predicted octanol–water partition coefficient (Wildman–Crippen LogP) is 6.13. The van der Waals surface area contributed by atoms with E-state index in [9.17, 15) is 9.59 Å². The van der Waals surface area contributed by atoms with Crippen LogP contribution in [0.2, 0.25) is 10.0 Å². The van der Waals surface area contributed by atoms with E-state index in [0.717, 1.165) is 4.47 Å². The van der Waals surface area contributed by atoms with E-state index in [0.29, 0.717) is 44.6 Å². The Kier molecular flexibility index (Phi) is 9.41. The molecule has 1 atom stereocenters. The van der Waals surface area contributed by atoms with Crippen LogP contribution in [0, 0.1) is 5.92 Å². The fourth-order valence-electron chi connectivity index (χ4n) is 3.24. The van der Waals surface area contributed by atoms with Crippen LogP contribution in [0.4, 0.5) is 5.69 Å². The van der Waals surface area contributed by atoms with Gasteiger partial charge in [-0.2, -0.15) is 0 Å². The number of rotatable bonds is 9. The molecule has 34 heavy (non-hydrogen) atoms. The van der Waals surface area contributed by atoms with E-state index >= 15 is 0 Å². The topological polar surface area (TPSA) is 88.9 Å². The van der Waals surface area contributed by atoms with Crippen molar-refractivity contribution in [2.75, 3.05) is 11.1 Å². The summed E-state index contributed by atoms with van der Waals surface area (Å²) in [5.74, 6) is 0.574. The molecule has 3 rings (SSSR count). The minimum atomic E-state index is -0.366. The quantitative estimate of drug-likeness (QED) is 0.295. The molecule has 1 aromatic heterocycles. The molecule has 3 aromatic rings. The first kappa shape index (κ1) is 26.5. The van der Waals surface area contributed by atoms with Crippen LogP contribution in [-0.4, -0.2) is 32.3 Å². The fraction of sp³-hybridized carbons (Fsp3) is 0.304. The molecular weight excluding hydrogens is 561 g/mol.